The highest BCUT2D eigenvalue weighted by atomic mass is 15.1. The molecule has 0 aliphatic carbocycles. The molecule has 1 aliphatic rings. The van der Waals surface area contributed by atoms with Crippen LogP contribution >= 0.6 is 0 Å². The van der Waals surface area contributed by atoms with Crippen molar-refractivity contribution in [2.75, 3.05) is 26.7 Å². The van der Waals surface area contributed by atoms with E-state index in [1.807, 2.05) is 0 Å². The minimum atomic E-state index is 0.423. The molecule has 1 rings (SSSR count). The summed E-state index contributed by atoms with van der Waals surface area (Å²) in [5.74, 6) is 2.08. The number of nitrogens with zero attached hydrogens (tertiary/aromatic N) is 2. The normalized spacial score (nSPS) is 23.1. The third-order valence-corrected chi connectivity index (χ3v) is 4.05. The number of guanidine groups is 1. The third-order valence-electron chi connectivity index (χ3n) is 4.05. The Morgan fingerprint density at radius 1 is 1.35 bits per heavy atom. The van der Waals surface area contributed by atoms with Gasteiger partial charge in [-0.1, -0.05) is 26.7 Å². The molecule has 0 aromatic heterocycles. The van der Waals surface area contributed by atoms with Gasteiger partial charge in [0.25, 0.3) is 0 Å². The second-order valence-electron chi connectivity index (χ2n) is 6.87. The summed E-state index contributed by atoms with van der Waals surface area (Å²) in [6, 6.07) is 0.423. The minimum Gasteiger partial charge on any atom is -0.370 e. The summed E-state index contributed by atoms with van der Waals surface area (Å²) >= 11 is 0. The molecule has 2 atom stereocenters. The minimum absolute atomic E-state index is 0.423. The van der Waals surface area contributed by atoms with Crippen LogP contribution in [0.1, 0.15) is 52.9 Å². The predicted octanol–water partition coefficient (Wildman–Crippen LogP) is 2.45. The first-order chi connectivity index (χ1) is 9.47. The molecule has 4 nitrogen and oxygen atoms in total. The van der Waals surface area contributed by atoms with Crippen molar-refractivity contribution in [3.63, 3.8) is 0 Å². The molecule has 1 aliphatic heterocycles. The standard InChI is InChI=1S/C16H34N4/c1-13(2)7-5-8-14(3)19-16(17)18-11-15-9-6-10-20(4)12-15/h13-15H,5-12H2,1-4H3,(H3,17,18,19). The predicted molar refractivity (Wildman–Crippen MR) is 88.0 cm³/mol. The monoisotopic (exact) mass is 282 g/mol. The summed E-state index contributed by atoms with van der Waals surface area (Å²) in [5.41, 5.74) is 5.98. The first kappa shape index (κ1) is 17.3. The van der Waals surface area contributed by atoms with Gasteiger partial charge in [0, 0.05) is 19.1 Å². The Labute approximate surface area is 125 Å². The summed E-state index contributed by atoms with van der Waals surface area (Å²) < 4.78 is 0. The van der Waals surface area contributed by atoms with Gasteiger partial charge in [-0.15, -0.1) is 0 Å². The second-order valence-corrected chi connectivity index (χ2v) is 6.87. The average molecular weight is 282 g/mol. The maximum Gasteiger partial charge on any atom is 0.188 e. The van der Waals surface area contributed by atoms with Crippen molar-refractivity contribution in [3.05, 3.63) is 0 Å². The molecule has 118 valence electrons. The number of nitrogens with one attached hydrogen (secondary N) is 1. The smallest absolute Gasteiger partial charge is 0.188 e. The van der Waals surface area contributed by atoms with Gasteiger partial charge in [0.05, 0.1) is 0 Å². The van der Waals surface area contributed by atoms with Crippen LogP contribution in [0.25, 0.3) is 0 Å². The summed E-state index contributed by atoms with van der Waals surface area (Å²) in [6.07, 6.45) is 6.28. The van der Waals surface area contributed by atoms with E-state index >= 15 is 0 Å². The lowest BCUT2D eigenvalue weighted by atomic mass is 9.99. The van der Waals surface area contributed by atoms with Crippen LogP contribution in [0.4, 0.5) is 0 Å². The summed E-state index contributed by atoms with van der Waals surface area (Å²) in [7, 11) is 2.19. The first-order valence-corrected chi connectivity index (χ1v) is 8.22. The zero-order valence-corrected chi connectivity index (χ0v) is 13.9. The molecule has 1 saturated heterocycles. The highest BCUT2D eigenvalue weighted by Gasteiger charge is 2.16. The Bertz CT molecular complexity index is 288. The molecule has 0 aromatic carbocycles. The highest BCUT2D eigenvalue weighted by molar-refractivity contribution is 5.78. The van der Waals surface area contributed by atoms with Crippen LogP contribution in [0.15, 0.2) is 4.99 Å². The van der Waals surface area contributed by atoms with Crippen LogP contribution in [0.3, 0.4) is 0 Å². The van der Waals surface area contributed by atoms with Gasteiger partial charge in [0.2, 0.25) is 0 Å². The number of hydrogen-bond donors (Lipinski definition) is 2. The summed E-state index contributed by atoms with van der Waals surface area (Å²) in [6.45, 7) is 9.98. The van der Waals surface area contributed by atoms with Crippen molar-refractivity contribution in [2.24, 2.45) is 22.6 Å². The van der Waals surface area contributed by atoms with Crippen molar-refractivity contribution in [1.29, 1.82) is 0 Å². The van der Waals surface area contributed by atoms with Crippen molar-refractivity contribution in [1.82, 2.24) is 10.2 Å². The molecule has 0 spiro atoms. The summed E-state index contributed by atoms with van der Waals surface area (Å²) in [4.78, 5) is 6.91. The molecule has 20 heavy (non-hydrogen) atoms. The van der Waals surface area contributed by atoms with Crippen molar-refractivity contribution >= 4 is 5.96 Å². The summed E-state index contributed by atoms with van der Waals surface area (Å²) in [5, 5.41) is 3.32. The molecule has 0 radical (unpaired) electrons. The van der Waals surface area contributed by atoms with Gasteiger partial charge in [-0.2, -0.15) is 0 Å². The maximum atomic E-state index is 5.98. The lowest BCUT2D eigenvalue weighted by molar-refractivity contribution is 0.214. The number of rotatable bonds is 7. The number of nitrogens with two attached hydrogens (primary N) is 1. The average Bonchev–Trinajstić information content (AvgIpc) is 2.36. The highest BCUT2D eigenvalue weighted by Crippen LogP contribution is 2.15. The van der Waals surface area contributed by atoms with Crippen LogP contribution in [0, 0.1) is 11.8 Å². The molecular weight excluding hydrogens is 248 g/mol. The van der Waals surface area contributed by atoms with Gasteiger partial charge in [-0.25, -0.2) is 0 Å². The van der Waals surface area contributed by atoms with E-state index in [2.05, 4.69) is 43.0 Å². The molecule has 0 bridgehead atoms. The molecule has 0 saturated carbocycles. The largest absolute Gasteiger partial charge is 0.370 e. The Morgan fingerprint density at radius 2 is 2.10 bits per heavy atom. The van der Waals surface area contributed by atoms with Crippen LogP contribution in [0.2, 0.25) is 0 Å². The Balaban J connectivity index is 2.19. The number of aliphatic imine (C=N–C) groups is 1. The molecule has 2 unspecified atom stereocenters. The lowest BCUT2D eigenvalue weighted by Gasteiger charge is -2.28. The first-order valence-electron chi connectivity index (χ1n) is 8.22. The maximum absolute atomic E-state index is 5.98. The SMILES string of the molecule is CC(C)CCCC(C)NC(N)=NCC1CCCN(C)C1. The van der Waals surface area contributed by atoms with E-state index in [0.717, 1.165) is 19.0 Å². The topological polar surface area (TPSA) is 53.6 Å². The fourth-order valence-electron chi connectivity index (χ4n) is 2.85. The van der Waals surface area contributed by atoms with Crippen molar-refractivity contribution < 1.29 is 0 Å². The Kier molecular flexibility index (Phi) is 7.97. The van der Waals surface area contributed by atoms with Crippen LogP contribution in [-0.2, 0) is 0 Å². The zero-order chi connectivity index (χ0) is 15.0. The van der Waals surface area contributed by atoms with Crippen LogP contribution in [-0.4, -0.2) is 43.6 Å². The quantitative estimate of drug-likeness (QED) is 0.557. The van der Waals surface area contributed by atoms with E-state index in [1.165, 1.54) is 38.6 Å². The van der Waals surface area contributed by atoms with E-state index in [4.69, 9.17) is 5.73 Å². The number of hydrogen-bond acceptors (Lipinski definition) is 2. The fraction of sp³-hybridized carbons (Fsp3) is 0.938. The van der Waals surface area contributed by atoms with Gasteiger partial charge in [-0.05, 0) is 51.6 Å². The lowest BCUT2D eigenvalue weighted by Crippen LogP contribution is -2.39. The fourth-order valence-corrected chi connectivity index (χ4v) is 2.85. The van der Waals surface area contributed by atoms with Gasteiger partial charge in [0.1, 0.15) is 0 Å². The van der Waals surface area contributed by atoms with Gasteiger partial charge < -0.3 is 16.0 Å². The molecule has 0 amide bonds. The van der Waals surface area contributed by atoms with Crippen LogP contribution in [0.5, 0.6) is 0 Å². The van der Waals surface area contributed by atoms with Crippen LogP contribution < -0.4 is 11.1 Å². The van der Waals surface area contributed by atoms with E-state index in [1.54, 1.807) is 0 Å². The van der Waals surface area contributed by atoms with Gasteiger partial charge in [-0.3, -0.25) is 4.99 Å². The zero-order valence-electron chi connectivity index (χ0n) is 13.9. The van der Waals surface area contributed by atoms with Gasteiger partial charge >= 0.3 is 0 Å². The Hall–Kier alpha value is -0.770. The molecular formula is C16H34N4. The van der Waals surface area contributed by atoms with E-state index in [-0.39, 0.29) is 0 Å². The van der Waals surface area contributed by atoms with Gasteiger partial charge in [0.15, 0.2) is 5.96 Å². The molecule has 3 N–H and O–H groups in total. The van der Waals surface area contributed by atoms with E-state index in [9.17, 15) is 0 Å². The number of likely N-dealkylation sites (tertiary alicyclic amines) is 1. The van der Waals surface area contributed by atoms with E-state index in [0.29, 0.717) is 17.9 Å². The number of piperidine rings is 1. The molecule has 0 aromatic rings. The third kappa shape index (κ3) is 7.73. The van der Waals surface area contributed by atoms with E-state index < -0.39 is 0 Å². The molecule has 1 fully saturated rings. The van der Waals surface area contributed by atoms with Crippen molar-refractivity contribution in [2.45, 2.75) is 58.9 Å². The molecule has 1 heterocycles. The second kappa shape index (κ2) is 9.22. The van der Waals surface area contributed by atoms with Crippen molar-refractivity contribution in [3.8, 4) is 0 Å². The Morgan fingerprint density at radius 3 is 2.75 bits per heavy atom. The molecule has 4 heteroatoms.